The molecule has 1 amide bonds. The van der Waals surface area contributed by atoms with Crippen molar-refractivity contribution >= 4 is 28.8 Å². The van der Waals surface area contributed by atoms with Gasteiger partial charge in [0.1, 0.15) is 5.75 Å². The molecule has 2 aromatic carbocycles. The van der Waals surface area contributed by atoms with Crippen LogP contribution in [0.3, 0.4) is 0 Å². The van der Waals surface area contributed by atoms with E-state index < -0.39 is 35.6 Å². The second-order valence-corrected chi connectivity index (χ2v) is 8.90. The van der Waals surface area contributed by atoms with Crippen molar-refractivity contribution in [3.63, 3.8) is 0 Å². The van der Waals surface area contributed by atoms with Gasteiger partial charge in [-0.1, -0.05) is 49.7 Å². The summed E-state index contributed by atoms with van der Waals surface area (Å²) >= 11 is 5.89. The number of nitrogens with two attached hydrogens (primary N) is 1. The Morgan fingerprint density at radius 2 is 1.92 bits per heavy atom. The summed E-state index contributed by atoms with van der Waals surface area (Å²) < 4.78 is 46.8. The van der Waals surface area contributed by atoms with Crippen molar-refractivity contribution < 1.29 is 22.7 Å². The minimum Gasteiger partial charge on any atom is -0.449 e. The Balaban J connectivity index is 2.00. The molecule has 0 atom stereocenters. The number of rotatable bonds is 8. The lowest BCUT2D eigenvalue weighted by atomic mass is 9.98. The van der Waals surface area contributed by atoms with Gasteiger partial charge in [-0.15, -0.1) is 0 Å². The van der Waals surface area contributed by atoms with Crippen LogP contribution in [-0.2, 0) is 17.5 Å². The van der Waals surface area contributed by atoms with Gasteiger partial charge in [0.15, 0.2) is 5.69 Å². The van der Waals surface area contributed by atoms with E-state index in [1.807, 2.05) is 26.0 Å². The van der Waals surface area contributed by atoms with Gasteiger partial charge in [0.2, 0.25) is 11.7 Å². The predicted octanol–water partition coefficient (Wildman–Crippen LogP) is 5.29. The number of hydrogen-bond acceptors (Lipinski definition) is 6. The number of aromatic nitrogens is 2. The smallest absolute Gasteiger partial charge is 0.437 e. The molecule has 8 nitrogen and oxygen atoms in total. The van der Waals surface area contributed by atoms with E-state index in [2.05, 4.69) is 4.98 Å². The van der Waals surface area contributed by atoms with E-state index in [1.165, 1.54) is 6.07 Å². The number of carbonyl (C=O) groups is 1. The summed E-state index contributed by atoms with van der Waals surface area (Å²) in [6, 6.07) is 12.2. The highest BCUT2D eigenvalue weighted by atomic mass is 35.5. The zero-order chi connectivity index (χ0) is 28.2. The van der Waals surface area contributed by atoms with Gasteiger partial charge in [-0.3, -0.25) is 14.2 Å². The Morgan fingerprint density at radius 1 is 1.26 bits per heavy atom. The van der Waals surface area contributed by atoms with Gasteiger partial charge >= 0.3 is 6.18 Å². The van der Waals surface area contributed by atoms with E-state index in [9.17, 15) is 22.8 Å². The quantitative estimate of drug-likeness (QED) is 0.294. The molecule has 0 radical (unpaired) electrons. The Hall–Kier alpha value is -4.43. The third-order valence-corrected chi connectivity index (χ3v) is 5.52. The fourth-order valence-electron chi connectivity index (χ4n) is 3.43. The first-order chi connectivity index (χ1) is 17.8. The summed E-state index contributed by atoms with van der Waals surface area (Å²) in [5, 5.41) is 17.4. The number of nitrogens with one attached hydrogen (secondary N) is 1. The Labute approximate surface area is 220 Å². The average molecular weight is 544 g/mol. The summed E-state index contributed by atoms with van der Waals surface area (Å²) in [5.74, 6) is -2.03. The summed E-state index contributed by atoms with van der Waals surface area (Å²) in [4.78, 5) is 28.4. The van der Waals surface area contributed by atoms with Crippen LogP contribution in [0.15, 0.2) is 59.7 Å². The lowest BCUT2D eigenvalue weighted by Crippen LogP contribution is -2.28. The molecule has 196 valence electrons. The van der Waals surface area contributed by atoms with Gasteiger partial charge in [-0.2, -0.15) is 18.4 Å². The molecule has 0 bridgehead atoms. The zero-order valence-corrected chi connectivity index (χ0v) is 20.9. The first-order valence-corrected chi connectivity index (χ1v) is 11.4. The number of ether oxygens (including phenoxy) is 1. The number of hydrogen-bond donors (Lipinski definition) is 2. The summed E-state index contributed by atoms with van der Waals surface area (Å²) in [5.41, 5.74) is 3.77. The van der Waals surface area contributed by atoms with Gasteiger partial charge in [0.05, 0.1) is 30.2 Å². The highest BCUT2D eigenvalue weighted by Gasteiger charge is 2.38. The number of halogens is 4. The molecule has 0 saturated carbocycles. The first kappa shape index (κ1) is 28.1. The van der Waals surface area contributed by atoms with Gasteiger partial charge in [0, 0.05) is 10.6 Å². The molecule has 0 aliphatic rings. The van der Waals surface area contributed by atoms with Crippen LogP contribution in [0, 0.1) is 16.7 Å². The lowest BCUT2D eigenvalue weighted by Gasteiger charge is -2.15. The average Bonchev–Trinajstić information content (AvgIpc) is 2.83. The first-order valence-electron chi connectivity index (χ1n) is 11.0. The van der Waals surface area contributed by atoms with Crippen LogP contribution in [0.1, 0.15) is 42.1 Å². The number of alkyl halides is 3. The number of nitrogens with zero attached hydrogens (tertiary/aromatic N) is 3. The van der Waals surface area contributed by atoms with Crippen molar-refractivity contribution in [1.29, 1.82) is 10.7 Å². The molecule has 1 aromatic heterocycles. The maximum absolute atomic E-state index is 13.6. The maximum atomic E-state index is 13.6. The third-order valence-electron chi connectivity index (χ3n) is 5.30. The lowest BCUT2D eigenvalue weighted by molar-refractivity contribution is -0.142. The van der Waals surface area contributed by atoms with Crippen molar-refractivity contribution in [2.75, 3.05) is 0 Å². The van der Waals surface area contributed by atoms with Gasteiger partial charge in [0.25, 0.3) is 5.56 Å². The zero-order valence-electron chi connectivity index (χ0n) is 20.1. The molecular formula is C26H21ClF3N5O3. The van der Waals surface area contributed by atoms with Crippen LogP contribution < -0.4 is 16.0 Å². The number of nitriles is 1. The molecule has 0 unspecified atom stereocenters. The second kappa shape index (κ2) is 11.3. The van der Waals surface area contributed by atoms with Crippen LogP contribution in [-0.4, -0.2) is 21.2 Å². The van der Waals surface area contributed by atoms with E-state index in [1.54, 1.807) is 18.2 Å². The van der Waals surface area contributed by atoms with Gasteiger partial charge in [-0.05, 0) is 41.3 Å². The van der Waals surface area contributed by atoms with E-state index in [4.69, 9.17) is 32.7 Å². The van der Waals surface area contributed by atoms with E-state index >= 15 is 0 Å². The molecule has 0 aliphatic carbocycles. The summed E-state index contributed by atoms with van der Waals surface area (Å²) in [6.07, 6.45) is -3.28. The number of allylic oxidation sites excluding steroid dienone is 1. The van der Waals surface area contributed by atoms with Crippen molar-refractivity contribution in [1.82, 2.24) is 9.55 Å². The normalized spacial score (nSPS) is 11.8. The largest absolute Gasteiger partial charge is 0.449 e. The van der Waals surface area contributed by atoms with Crippen molar-refractivity contribution in [2.24, 2.45) is 5.73 Å². The van der Waals surface area contributed by atoms with Gasteiger partial charge in [-0.25, -0.2) is 4.98 Å². The predicted molar refractivity (Wildman–Crippen MR) is 135 cm³/mol. The monoisotopic (exact) mass is 543 g/mol. The molecule has 0 aliphatic heterocycles. The standard InChI is InChI=1S/C26H21ClF3N5O3/c1-14(2)16-3-5-17(6-4-16)21(24(33)36)10-19(32)12-35-13-34-23(26(28,29)30)22(25(35)37)38-20-8-15(11-31)7-18(27)9-20/h3-10,13-14,32H,12H2,1-2H3,(H2,33,36)/b21-10-,32-19?. The molecular weight excluding hydrogens is 523 g/mol. The Bertz CT molecular complexity index is 1520. The second-order valence-electron chi connectivity index (χ2n) is 8.47. The van der Waals surface area contributed by atoms with Crippen LogP contribution >= 0.6 is 11.6 Å². The number of amides is 1. The van der Waals surface area contributed by atoms with Crippen LogP contribution in [0.25, 0.3) is 5.57 Å². The molecule has 3 N–H and O–H groups in total. The minimum atomic E-state index is -5.04. The van der Waals surface area contributed by atoms with Crippen LogP contribution in [0.5, 0.6) is 11.5 Å². The third kappa shape index (κ3) is 6.66. The number of primary amides is 1. The summed E-state index contributed by atoms with van der Waals surface area (Å²) in [6.45, 7) is 3.45. The SMILES string of the molecule is CC(C)c1ccc(/C(=C/C(=N)Cn2cnc(C(F)(F)F)c(Oc3cc(Cl)cc(C#N)c3)c2=O)C(N)=O)cc1. The molecule has 3 aromatic rings. The molecule has 0 fully saturated rings. The fourth-order valence-corrected chi connectivity index (χ4v) is 3.65. The minimum absolute atomic E-state index is 0.00222. The molecule has 0 spiro atoms. The van der Waals surface area contributed by atoms with Crippen molar-refractivity contribution in [3.05, 3.63) is 92.6 Å². The Morgan fingerprint density at radius 3 is 2.47 bits per heavy atom. The molecule has 0 saturated heterocycles. The highest BCUT2D eigenvalue weighted by molar-refractivity contribution is 6.30. The number of carbonyl (C=O) groups excluding carboxylic acids is 1. The van der Waals surface area contributed by atoms with Crippen LogP contribution in [0.4, 0.5) is 13.2 Å². The van der Waals surface area contributed by atoms with E-state index in [-0.39, 0.29) is 33.5 Å². The molecule has 12 heteroatoms. The van der Waals surface area contributed by atoms with Gasteiger partial charge < -0.3 is 15.9 Å². The topological polar surface area (TPSA) is 135 Å². The molecule has 1 heterocycles. The summed E-state index contributed by atoms with van der Waals surface area (Å²) in [7, 11) is 0. The van der Waals surface area contributed by atoms with E-state index in [0.29, 0.717) is 11.9 Å². The van der Waals surface area contributed by atoms with Crippen LogP contribution in [0.2, 0.25) is 5.02 Å². The fraction of sp³-hybridized carbons (Fsp3) is 0.192. The molecule has 38 heavy (non-hydrogen) atoms. The van der Waals surface area contributed by atoms with Crippen molar-refractivity contribution in [2.45, 2.75) is 32.5 Å². The number of benzene rings is 2. The maximum Gasteiger partial charge on any atom is 0.437 e. The Kier molecular flexibility index (Phi) is 8.38. The highest BCUT2D eigenvalue weighted by Crippen LogP contribution is 2.35. The van der Waals surface area contributed by atoms with Crippen molar-refractivity contribution in [3.8, 4) is 17.6 Å². The molecule has 3 rings (SSSR count). The van der Waals surface area contributed by atoms with E-state index in [0.717, 1.165) is 28.3 Å².